The third-order valence-corrected chi connectivity index (χ3v) is 5.09. The summed E-state index contributed by atoms with van der Waals surface area (Å²) in [5, 5.41) is 12.9. The average Bonchev–Trinajstić information content (AvgIpc) is 2.69. The van der Waals surface area contributed by atoms with Crippen molar-refractivity contribution in [1.29, 1.82) is 5.26 Å². The molecule has 0 saturated heterocycles. The zero-order valence-electron chi connectivity index (χ0n) is 15.4. The Morgan fingerprint density at radius 3 is 2.72 bits per heavy atom. The molecule has 29 heavy (non-hydrogen) atoms. The van der Waals surface area contributed by atoms with Crippen molar-refractivity contribution in [3.63, 3.8) is 0 Å². The summed E-state index contributed by atoms with van der Waals surface area (Å²) in [6, 6.07) is 17.5. The molecule has 0 aliphatic carbocycles. The number of H-pyrrole nitrogens is 1. The maximum Gasteiger partial charge on any atom is 0.249 e. The van der Waals surface area contributed by atoms with Crippen molar-refractivity contribution in [1.82, 2.24) is 4.98 Å². The minimum Gasteiger partial charge on any atom is -0.455 e. The van der Waals surface area contributed by atoms with Crippen molar-refractivity contribution in [2.24, 2.45) is 0 Å². The fourth-order valence-electron chi connectivity index (χ4n) is 2.53. The van der Waals surface area contributed by atoms with Crippen LogP contribution in [-0.4, -0.2) is 16.6 Å². The highest BCUT2D eigenvalue weighted by Crippen LogP contribution is 2.32. The number of halogens is 1. The van der Waals surface area contributed by atoms with Gasteiger partial charge in [0.2, 0.25) is 11.5 Å². The topological polar surface area (TPSA) is 95.0 Å². The molecule has 146 valence electrons. The van der Waals surface area contributed by atoms with Crippen LogP contribution in [0.2, 0.25) is 5.02 Å². The number of amides is 1. The van der Waals surface area contributed by atoms with Gasteiger partial charge in [-0.3, -0.25) is 9.59 Å². The van der Waals surface area contributed by atoms with Gasteiger partial charge in [0.15, 0.2) is 5.75 Å². The van der Waals surface area contributed by atoms with E-state index in [1.54, 1.807) is 37.3 Å². The molecule has 0 radical (unpaired) electrons. The molecule has 8 heteroatoms. The van der Waals surface area contributed by atoms with E-state index in [-0.39, 0.29) is 17.2 Å². The van der Waals surface area contributed by atoms with Crippen molar-refractivity contribution in [2.45, 2.75) is 11.9 Å². The lowest BCUT2D eigenvalue weighted by Gasteiger charge is -2.13. The molecule has 0 bridgehead atoms. The Balaban J connectivity index is 1.74. The SMILES string of the molecule is Cc1cc(=O)[nH]c(SCC(=O)Nc2cc(Cl)ccc2Oc2ccccc2)c1C#N. The van der Waals surface area contributed by atoms with Crippen LogP contribution in [0.1, 0.15) is 11.1 Å². The Bertz CT molecular complexity index is 1140. The van der Waals surface area contributed by atoms with Crippen LogP contribution in [0.15, 0.2) is 64.4 Å². The summed E-state index contributed by atoms with van der Waals surface area (Å²) in [6.45, 7) is 1.68. The molecule has 0 spiro atoms. The molecule has 1 heterocycles. The van der Waals surface area contributed by atoms with E-state index in [9.17, 15) is 14.9 Å². The Morgan fingerprint density at radius 2 is 2.00 bits per heavy atom. The van der Waals surface area contributed by atoms with E-state index in [4.69, 9.17) is 16.3 Å². The van der Waals surface area contributed by atoms with Crippen LogP contribution in [0.4, 0.5) is 5.69 Å². The number of rotatable bonds is 6. The monoisotopic (exact) mass is 425 g/mol. The minimum absolute atomic E-state index is 0.00857. The first-order valence-corrected chi connectivity index (χ1v) is 9.92. The number of aromatic nitrogens is 1. The van der Waals surface area contributed by atoms with E-state index >= 15 is 0 Å². The van der Waals surface area contributed by atoms with Crippen molar-refractivity contribution < 1.29 is 9.53 Å². The van der Waals surface area contributed by atoms with Gasteiger partial charge in [-0.2, -0.15) is 5.26 Å². The molecule has 3 rings (SSSR count). The number of ether oxygens (including phenoxy) is 1. The summed E-state index contributed by atoms with van der Waals surface area (Å²) < 4.78 is 5.83. The number of carbonyl (C=O) groups excluding carboxylic acids is 1. The number of para-hydroxylation sites is 1. The largest absolute Gasteiger partial charge is 0.455 e. The highest BCUT2D eigenvalue weighted by molar-refractivity contribution is 8.00. The van der Waals surface area contributed by atoms with Gasteiger partial charge in [0.05, 0.1) is 22.0 Å². The van der Waals surface area contributed by atoms with E-state index in [1.165, 1.54) is 6.07 Å². The van der Waals surface area contributed by atoms with Crippen molar-refractivity contribution >= 4 is 35.0 Å². The third kappa shape index (κ3) is 5.41. The number of nitrogens with one attached hydrogen (secondary N) is 2. The highest BCUT2D eigenvalue weighted by Gasteiger charge is 2.13. The summed E-state index contributed by atoms with van der Waals surface area (Å²) in [6.07, 6.45) is 0. The van der Waals surface area contributed by atoms with Crippen LogP contribution in [0, 0.1) is 18.3 Å². The molecule has 3 aromatic rings. The zero-order valence-corrected chi connectivity index (χ0v) is 16.9. The molecule has 0 aliphatic rings. The number of nitriles is 1. The van der Waals surface area contributed by atoms with Gasteiger partial charge in [0, 0.05) is 11.1 Å². The number of hydrogen-bond donors (Lipinski definition) is 2. The summed E-state index contributed by atoms with van der Waals surface area (Å²) >= 11 is 7.14. The number of aryl methyl sites for hydroxylation is 1. The molecule has 0 saturated carbocycles. The number of benzene rings is 2. The predicted octanol–water partition coefficient (Wildman–Crippen LogP) is 4.73. The highest BCUT2D eigenvalue weighted by atomic mass is 35.5. The fourth-order valence-corrected chi connectivity index (χ4v) is 3.58. The summed E-state index contributed by atoms with van der Waals surface area (Å²) in [4.78, 5) is 26.7. The van der Waals surface area contributed by atoms with Crippen LogP contribution >= 0.6 is 23.4 Å². The molecular weight excluding hydrogens is 410 g/mol. The Hall–Kier alpha value is -3.21. The minimum atomic E-state index is -0.332. The van der Waals surface area contributed by atoms with Crippen LogP contribution in [-0.2, 0) is 4.79 Å². The Labute approximate surface area is 176 Å². The molecule has 2 N–H and O–H groups in total. The molecule has 1 aromatic heterocycles. The lowest BCUT2D eigenvalue weighted by Crippen LogP contribution is -2.16. The first-order valence-electron chi connectivity index (χ1n) is 8.55. The smallest absolute Gasteiger partial charge is 0.249 e. The normalized spacial score (nSPS) is 10.2. The second kappa shape index (κ2) is 9.32. The maximum absolute atomic E-state index is 12.5. The quantitative estimate of drug-likeness (QED) is 0.556. The standard InChI is InChI=1S/C21H16ClN3O3S/c1-13-9-19(26)25-21(16(13)11-23)29-12-20(27)24-17-10-14(22)7-8-18(17)28-15-5-3-2-4-6-15/h2-10H,12H2,1H3,(H,24,27)(H,25,26). The molecule has 0 unspecified atom stereocenters. The maximum atomic E-state index is 12.5. The second-order valence-electron chi connectivity index (χ2n) is 6.02. The molecular formula is C21H16ClN3O3S. The van der Waals surface area contributed by atoms with Gasteiger partial charge in [-0.1, -0.05) is 41.6 Å². The fraction of sp³-hybridized carbons (Fsp3) is 0.0952. The van der Waals surface area contributed by atoms with Gasteiger partial charge in [0.25, 0.3) is 0 Å². The van der Waals surface area contributed by atoms with E-state index < -0.39 is 0 Å². The van der Waals surface area contributed by atoms with Crippen molar-refractivity contribution in [3.8, 4) is 17.6 Å². The average molecular weight is 426 g/mol. The zero-order chi connectivity index (χ0) is 20.8. The molecule has 6 nitrogen and oxygen atoms in total. The lowest BCUT2D eigenvalue weighted by molar-refractivity contribution is -0.113. The van der Waals surface area contributed by atoms with Gasteiger partial charge in [-0.25, -0.2) is 0 Å². The van der Waals surface area contributed by atoms with E-state index in [0.29, 0.717) is 38.4 Å². The van der Waals surface area contributed by atoms with Crippen LogP contribution in [0.25, 0.3) is 0 Å². The third-order valence-electron chi connectivity index (χ3n) is 3.85. The van der Waals surface area contributed by atoms with Crippen LogP contribution < -0.4 is 15.6 Å². The first-order chi connectivity index (χ1) is 14.0. The molecule has 0 aliphatic heterocycles. The predicted molar refractivity (Wildman–Crippen MR) is 114 cm³/mol. The number of aromatic amines is 1. The van der Waals surface area contributed by atoms with Gasteiger partial charge < -0.3 is 15.0 Å². The Morgan fingerprint density at radius 1 is 1.24 bits per heavy atom. The molecule has 1 amide bonds. The van der Waals surface area contributed by atoms with Gasteiger partial charge in [-0.15, -0.1) is 0 Å². The second-order valence-corrected chi connectivity index (χ2v) is 7.45. The Kier molecular flexibility index (Phi) is 6.60. The van der Waals surface area contributed by atoms with Crippen LogP contribution in [0.3, 0.4) is 0 Å². The number of nitrogens with zero attached hydrogens (tertiary/aromatic N) is 1. The molecule has 2 aromatic carbocycles. The summed E-state index contributed by atoms with van der Waals surface area (Å²) in [5.74, 6) is 0.725. The van der Waals surface area contributed by atoms with Crippen molar-refractivity contribution in [2.75, 3.05) is 11.1 Å². The number of anilines is 1. The number of hydrogen-bond acceptors (Lipinski definition) is 5. The van der Waals surface area contributed by atoms with E-state index in [1.807, 2.05) is 24.3 Å². The molecule has 0 fully saturated rings. The number of thioether (sulfide) groups is 1. The summed E-state index contributed by atoms with van der Waals surface area (Å²) in [7, 11) is 0. The van der Waals surface area contributed by atoms with Crippen LogP contribution in [0.5, 0.6) is 11.5 Å². The lowest BCUT2D eigenvalue weighted by atomic mass is 10.2. The first kappa shape index (κ1) is 20.5. The van der Waals surface area contributed by atoms with Gasteiger partial charge in [-0.05, 0) is 42.8 Å². The molecule has 0 atom stereocenters. The van der Waals surface area contributed by atoms with Gasteiger partial charge in [0.1, 0.15) is 11.8 Å². The number of pyridine rings is 1. The summed E-state index contributed by atoms with van der Waals surface area (Å²) in [5.41, 5.74) is 1.01. The number of carbonyl (C=O) groups is 1. The van der Waals surface area contributed by atoms with E-state index in [2.05, 4.69) is 10.3 Å². The van der Waals surface area contributed by atoms with Crippen molar-refractivity contribution in [3.05, 3.63) is 81.1 Å². The van der Waals surface area contributed by atoms with E-state index in [0.717, 1.165) is 11.8 Å². The van der Waals surface area contributed by atoms with Gasteiger partial charge >= 0.3 is 0 Å².